The summed E-state index contributed by atoms with van der Waals surface area (Å²) in [6, 6.07) is 7.53. The molecule has 0 aliphatic carbocycles. The maximum atomic E-state index is 11.3. The van der Waals surface area contributed by atoms with Gasteiger partial charge in [0.2, 0.25) is 5.91 Å². The standard InChI is InChI=1S/C12H15ClN2O3/c1-9-2-4-10(5-3-9)18-7-6-11(16)14-15-12(17)8-13/h2-5H,6-8H2,1H3,(H,14,16)(H,15,17). The topological polar surface area (TPSA) is 67.4 Å². The van der Waals surface area contributed by atoms with Crippen LogP contribution in [0.4, 0.5) is 0 Å². The summed E-state index contributed by atoms with van der Waals surface area (Å²) in [6.45, 7) is 2.22. The van der Waals surface area contributed by atoms with Crippen LogP contribution in [0.25, 0.3) is 0 Å². The molecule has 0 saturated carbocycles. The van der Waals surface area contributed by atoms with Crippen molar-refractivity contribution in [2.75, 3.05) is 12.5 Å². The second kappa shape index (κ2) is 7.55. The van der Waals surface area contributed by atoms with Gasteiger partial charge in [-0.25, -0.2) is 0 Å². The lowest BCUT2D eigenvalue weighted by molar-refractivity contribution is -0.128. The zero-order valence-corrected chi connectivity index (χ0v) is 10.8. The van der Waals surface area contributed by atoms with Crippen molar-refractivity contribution in [1.29, 1.82) is 0 Å². The van der Waals surface area contributed by atoms with Crippen LogP contribution in [0.1, 0.15) is 12.0 Å². The van der Waals surface area contributed by atoms with Gasteiger partial charge >= 0.3 is 0 Å². The summed E-state index contributed by atoms with van der Waals surface area (Å²) in [5.41, 5.74) is 5.53. The van der Waals surface area contributed by atoms with Gasteiger partial charge in [0.05, 0.1) is 13.0 Å². The average molecular weight is 271 g/mol. The Bertz CT molecular complexity index is 406. The van der Waals surface area contributed by atoms with Gasteiger partial charge in [-0.15, -0.1) is 11.6 Å². The quantitative estimate of drug-likeness (QED) is 0.623. The van der Waals surface area contributed by atoms with E-state index in [0.29, 0.717) is 5.75 Å². The number of rotatable bonds is 5. The SMILES string of the molecule is Cc1ccc(OCCC(=O)NNC(=O)CCl)cc1. The van der Waals surface area contributed by atoms with Crippen molar-refractivity contribution in [3.63, 3.8) is 0 Å². The molecule has 18 heavy (non-hydrogen) atoms. The molecule has 0 aliphatic heterocycles. The average Bonchev–Trinajstić information content (AvgIpc) is 2.38. The van der Waals surface area contributed by atoms with E-state index in [1.807, 2.05) is 31.2 Å². The van der Waals surface area contributed by atoms with Gasteiger partial charge in [-0.3, -0.25) is 20.4 Å². The van der Waals surface area contributed by atoms with Crippen LogP contribution in [0, 0.1) is 6.92 Å². The maximum Gasteiger partial charge on any atom is 0.253 e. The Kier molecular flexibility index (Phi) is 6.00. The lowest BCUT2D eigenvalue weighted by Gasteiger charge is -2.07. The molecule has 6 heteroatoms. The van der Waals surface area contributed by atoms with Crippen LogP contribution in [-0.4, -0.2) is 24.3 Å². The third-order valence-electron chi connectivity index (χ3n) is 2.08. The summed E-state index contributed by atoms with van der Waals surface area (Å²) in [5.74, 6) is -0.275. The van der Waals surface area contributed by atoms with E-state index in [1.165, 1.54) is 0 Å². The van der Waals surface area contributed by atoms with Crippen LogP contribution in [0.2, 0.25) is 0 Å². The smallest absolute Gasteiger partial charge is 0.253 e. The molecule has 98 valence electrons. The molecule has 1 rings (SSSR count). The van der Waals surface area contributed by atoms with E-state index in [2.05, 4.69) is 10.9 Å². The fraction of sp³-hybridized carbons (Fsp3) is 0.333. The number of ether oxygens (including phenoxy) is 1. The van der Waals surface area contributed by atoms with E-state index in [0.717, 1.165) is 5.56 Å². The number of carbonyl (C=O) groups excluding carboxylic acids is 2. The van der Waals surface area contributed by atoms with Crippen LogP contribution in [0.5, 0.6) is 5.75 Å². The van der Waals surface area contributed by atoms with Gasteiger partial charge in [-0.05, 0) is 19.1 Å². The Balaban J connectivity index is 2.19. The van der Waals surface area contributed by atoms with Gasteiger partial charge in [0.15, 0.2) is 0 Å². The molecule has 0 atom stereocenters. The molecule has 0 saturated heterocycles. The van der Waals surface area contributed by atoms with Gasteiger partial charge in [-0.2, -0.15) is 0 Å². The van der Waals surface area contributed by atoms with Crippen molar-refractivity contribution in [2.24, 2.45) is 0 Å². The Morgan fingerprint density at radius 3 is 2.39 bits per heavy atom. The molecule has 5 nitrogen and oxygen atoms in total. The number of halogens is 1. The van der Waals surface area contributed by atoms with E-state index < -0.39 is 5.91 Å². The zero-order valence-electron chi connectivity index (χ0n) is 10.0. The largest absolute Gasteiger partial charge is 0.493 e. The normalized spacial score (nSPS) is 9.67. The Morgan fingerprint density at radius 1 is 1.17 bits per heavy atom. The van der Waals surface area contributed by atoms with Crippen molar-refractivity contribution in [2.45, 2.75) is 13.3 Å². The number of hydrogen-bond acceptors (Lipinski definition) is 3. The van der Waals surface area contributed by atoms with E-state index in [9.17, 15) is 9.59 Å². The number of alkyl halides is 1. The first kappa shape index (κ1) is 14.3. The molecule has 0 bridgehead atoms. The van der Waals surface area contributed by atoms with E-state index >= 15 is 0 Å². The molecule has 1 aromatic rings. The lowest BCUT2D eigenvalue weighted by Crippen LogP contribution is -2.42. The minimum atomic E-state index is -0.454. The summed E-state index contributed by atoms with van der Waals surface area (Å²) in [5, 5.41) is 0. The number of hydrazine groups is 1. The third-order valence-corrected chi connectivity index (χ3v) is 2.32. The van der Waals surface area contributed by atoms with Gasteiger partial charge < -0.3 is 4.74 Å². The molecule has 0 radical (unpaired) electrons. The Labute approximate surface area is 110 Å². The van der Waals surface area contributed by atoms with Crippen LogP contribution in [0.3, 0.4) is 0 Å². The second-order valence-electron chi connectivity index (χ2n) is 3.64. The summed E-state index contributed by atoms with van der Waals surface area (Å²) >= 11 is 5.24. The number of nitrogens with one attached hydrogen (secondary N) is 2. The number of hydrogen-bond donors (Lipinski definition) is 2. The van der Waals surface area contributed by atoms with Crippen LogP contribution in [0.15, 0.2) is 24.3 Å². The highest BCUT2D eigenvalue weighted by molar-refractivity contribution is 6.27. The van der Waals surface area contributed by atoms with Crippen molar-refractivity contribution in [3.05, 3.63) is 29.8 Å². The molecule has 0 spiro atoms. The number of benzene rings is 1. The predicted octanol–water partition coefficient (Wildman–Crippen LogP) is 1.15. The first-order valence-electron chi connectivity index (χ1n) is 5.45. The first-order valence-corrected chi connectivity index (χ1v) is 5.98. The molecule has 0 fully saturated rings. The summed E-state index contributed by atoms with van der Waals surface area (Å²) in [4.78, 5) is 22.0. The molecule has 0 heterocycles. The van der Waals surface area contributed by atoms with Crippen molar-refractivity contribution >= 4 is 23.4 Å². The molecule has 1 aromatic carbocycles. The van der Waals surface area contributed by atoms with Crippen LogP contribution in [-0.2, 0) is 9.59 Å². The minimum Gasteiger partial charge on any atom is -0.493 e. The molecule has 0 aliphatic rings. The predicted molar refractivity (Wildman–Crippen MR) is 68.3 cm³/mol. The highest BCUT2D eigenvalue weighted by Gasteiger charge is 2.03. The van der Waals surface area contributed by atoms with Crippen molar-refractivity contribution < 1.29 is 14.3 Å². The number of aryl methyl sites for hydroxylation is 1. The monoisotopic (exact) mass is 270 g/mol. The van der Waals surface area contributed by atoms with E-state index in [-0.39, 0.29) is 24.8 Å². The molecular formula is C12H15ClN2O3. The molecule has 2 amide bonds. The van der Waals surface area contributed by atoms with Crippen LogP contribution < -0.4 is 15.6 Å². The second-order valence-corrected chi connectivity index (χ2v) is 3.91. The molecule has 0 aromatic heterocycles. The van der Waals surface area contributed by atoms with Gasteiger partial charge in [-0.1, -0.05) is 17.7 Å². The Morgan fingerprint density at radius 2 is 1.78 bits per heavy atom. The highest BCUT2D eigenvalue weighted by atomic mass is 35.5. The maximum absolute atomic E-state index is 11.3. The van der Waals surface area contributed by atoms with Gasteiger partial charge in [0, 0.05) is 0 Å². The van der Waals surface area contributed by atoms with Gasteiger partial charge in [0.25, 0.3) is 5.91 Å². The minimum absolute atomic E-state index is 0.149. The third kappa shape index (κ3) is 5.54. The van der Waals surface area contributed by atoms with E-state index in [1.54, 1.807) is 0 Å². The molecular weight excluding hydrogens is 256 g/mol. The van der Waals surface area contributed by atoms with Crippen LogP contribution >= 0.6 is 11.6 Å². The highest BCUT2D eigenvalue weighted by Crippen LogP contribution is 2.11. The number of carbonyl (C=O) groups is 2. The summed E-state index contributed by atoms with van der Waals surface area (Å²) in [7, 11) is 0. The first-order chi connectivity index (χ1) is 8.61. The molecule has 0 unspecified atom stereocenters. The summed E-state index contributed by atoms with van der Waals surface area (Å²) in [6.07, 6.45) is 0.149. The fourth-order valence-electron chi connectivity index (χ4n) is 1.13. The lowest BCUT2D eigenvalue weighted by atomic mass is 10.2. The Hall–Kier alpha value is -1.75. The fourth-order valence-corrected chi connectivity index (χ4v) is 1.20. The summed E-state index contributed by atoms with van der Waals surface area (Å²) < 4.78 is 5.37. The van der Waals surface area contributed by atoms with E-state index in [4.69, 9.17) is 16.3 Å². The zero-order chi connectivity index (χ0) is 13.4. The van der Waals surface area contributed by atoms with Crippen molar-refractivity contribution in [1.82, 2.24) is 10.9 Å². The molecule has 2 N–H and O–H groups in total. The van der Waals surface area contributed by atoms with Gasteiger partial charge in [0.1, 0.15) is 11.6 Å². The van der Waals surface area contributed by atoms with Crippen molar-refractivity contribution in [3.8, 4) is 5.75 Å². The number of amides is 2.